The van der Waals surface area contributed by atoms with E-state index in [4.69, 9.17) is 0 Å². The van der Waals surface area contributed by atoms with Crippen LogP contribution in [0.15, 0.2) is 0 Å². The van der Waals surface area contributed by atoms with E-state index in [2.05, 4.69) is 17.6 Å². The Labute approximate surface area is 104 Å². The quantitative estimate of drug-likeness (QED) is 0.628. The maximum absolute atomic E-state index is 11.8. The summed E-state index contributed by atoms with van der Waals surface area (Å²) in [6, 6.07) is -0.0116. The molecule has 0 heterocycles. The zero-order valence-corrected chi connectivity index (χ0v) is 11.3. The highest BCUT2D eigenvalue weighted by molar-refractivity contribution is 5.81. The van der Waals surface area contributed by atoms with Gasteiger partial charge in [-0.25, -0.2) is 0 Å². The third-order valence-electron chi connectivity index (χ3n) is 3.53. The van der Waals surface area contributed by atoms with Crippen molar-refractivity contribution in [2.45, 2.75) is 70.6 Å². The predicted molar refractivity (Wildman–Crippen MR) is 68.8 cm³/mol. The van der Waals surface area contributed by atoms with Gasteiger partial charge in [0.05, 0.1) is 11.6 Å². The summed E-state index contributed by atoms with van der Waals surface area (Å²) in [6.45, 7) is 6.49. The van der Waals surface area contributed by atoms with Crippen LogP contribution in [-0.2, 0) is 4.79 Å². The Hall–Kier alpha value is -0.610. The van der Waals surface area contributed by atoms with Crippen LogP contribution in [0.3, 0.4) is 0 Å². The summed E-state index contributed by atoms with van der Waals surface area (Å²) in [6.07, 6.45) is 4.86. The van der Waals surface area contributed by atoms with Crippen LogP contribution in [0.1, 0.15) is 52.9 Å². The molecule has 0 bridgehead atoms. The van der Waals surface area contributed by atoms with Gasteiger partial charge in [-0.05, 0) is 39.5 Å². The van der Waals surface area contributed by atoms with E-state index >= 15 is 0 Å². The van der Waals surface area contributed by atoms with E-state index in [1.807, 2.05) is 13.8 Å². The van der Waals surface area contributed by atoms with Crippen molar-refractivity contribution >= 4 is 5.91 Å². The van der Waals surface area contributed by atoms with Gasteiger partial charge in [-0.3, -0.25) is 4.79 Å². The zero-order valence-electron chi connectivity index (χ0n) is 11.3. The molecule has 2 unspecified atom stereocenters. The average molecular weight is 242 g/mol. The van der Waals surface area contributed by atoms with Gasteiger partial charge in [0.15, 0.2) is 0 Å². The molecular weight excluding hydrogens is 216 g/mol. The SMILES string of the molecule is CCCC(C)NC(=O)C(C)NCC1(O)CCC1. The van der Waals surface area contributed by atoms with Gasteiger partial charge >= 0.3 is 0 Å². The molecule has 1 aliphatic carbocycles. The van der Waals surface area contributed by atoms with Crippen molar-refractivity contribution in [1.82, 2.24) is 10.6 Å². The number of amides is 1. The molecule has 0 saturated heterocycles. The number of nitrogens with one attached hydrogen (secondary N) is 2. The normalized spacial score (nSPS) is 21.4. The summed E-state index contributed by atoms with van der Waals surface area (Å²) in [7, 11) is 0. The molecule has 4 nitrogen and oxygen atoms in total. The topological polar surface area (TPSA) is 61.4 Å². The zero-order chi connectivity index (χ0) is 12.9. The molecule has 1 fully saturated rings. The van der Waals surface area contributed by atoms with Crippen LogP contribution in [0.4, 0.5) is 0 Å². The lowest BCUT2D eigenvalue weighted by molar-refractivity contribution is -0.123. The van der Waals surface area contributed by atoms with Gasteiger partial charge in [-0.1, -0.05) is 13.3 Å². The maximum atomic E-state index is 11.8. The molecule has 0 aromatic heterocycles. The summed E-state index contributed by atoms with van der Waals surface area (Å²) in [5.74, 6) is 0.0221. The molecular formula is C13H26N2O2. The Kier molecular flexibility index (Phi) is 5.40. The minimum Gasteiger partial charge on any atom is -0.389 e. The van der Waals surface area contributed by atoms with Gasteiger partial charge in [0.2, 0.25) is 5.91 Å². The fourth-order valence-corrected chi connectivity index (χ4v) is 2.07. The summed E-state index contributed by atoms with van der Waals surface area (Å²) in [4.78, 5) is 11.8. The maximum Gasteiger partial charge on any atom is 0.237 e. The van der Waals surface area contributed by atoms with E-state index in [0.717, 1.165) is 32.1 Å². The first-order valence-corrected chi connectivity index (χ1v) is 6.73. The fraction of sp³-hybridized carbons (Fsp3) is 0.923. The van der Waals surface area contributed by atoms with Crippen LogP contribution in [-0.4, -0.2) is 35.2 Å². The van der Waals surface area contributed by atoms with Crippen LogP contribution in [0, 0.1) is 0 Å². The van der Waals surface area contributed by atoms with Gasteiger partial charge in [-0.2, -0.15) is 0 Å². The molecule has 0 radical (unpaired) electrons. The molecule has 3 N–H and O–H groups in total. The first-order valence-electron chi connectivity index (χ1n) is 6.73. The number of hydrogen-bond acceptors (Lipinski definition) is 3. The van der Waals surface area contributed by atoms with E-state index in [1.54, 1.807) is 0 Å². The van der Waals surface area contributed by atoms with Crippen molar-refractivity contribution in [3.05, 3.63) is 0 Å². The average Bonchev–Trinajstić information content (AvgIpc) is 2.23. The summed E-state index contributed by atoms with van der Waals surface area (Å²) < 4.78 is 0. The Morgan fingerprint density at radius 3 is 2.53 bits per heavy atom. The van der Waals surface area contributed by atoms with E-state index in [0.29, 0.717) is 6.54 Å². The highest BCUT2D eigenvalue weighted by Crippen LogP contribution is 2.30. The lowest BCUT2D eigenvalue weighted by Gasteiger charge is -2.37. The molecule has 0 aromatic rings. The fourth-order valence-electron chi connectivity index (χ4n) is 2.07. The van der Waals surface area contributed by atoms with Gasteiger partial charge in [0.25, 0.3) is 0 Å². The largest absolute Gasteiger partial charge is 0.389 e. The molecule has 0 aliphatic heterocycles. The minimum absolute atomic E-state index is 0.0221. The van der Waals surface area contributed by atoms with Crippen molar-refractivity contribution < 1.29 is 9.90 Å². The van der Waals surface area contributed by atoms with Crippen molar-refractivity contribution in [2.24, 2.45) is 0 Å². The minimum atomic E-state index is -0.566. The van der Waals surface area contributed by atoms with Gasteiger partial charge < -0.3 is 15.7 Å². The Morgan fingerprint density at radius 2 is 2.06 bits per heavy atom. The Balaban J connectivity index is 2.21. The second kappa shape index (κ2) is 6.36. The van der Waals surface area contributed by atoms with Crippen molar-refractivity contribution in [1.29, 1.82) is 0 Å². The summed E-state index contributed by atoms with van der Waals surface area (Å²) in [5, 5.41) is 16.0. The number of carbonyl (C=O) groups is 1. The summed E-state index contributed by atoms with van der Waals surface area (Å²) >= 11 is 0. The van der Waals surface area contributed by atoms with E-state index in [9.17, 15) is 9.90 Å². The lowest BCUT2D eigenvalue weighted by atomic mass is 9.80. The molecule has 2 atom stereocenters. The molecule has 1 amide bonds. The number of hydrogen-bond donors (Lipinski definition) is 3. The predicted octanol–water partition coefficient (Wildman–Crippen LogP) is 1.18. The van der Waals surface area contributed by atoms with Crippen molar-refractivity contribution in [2.75, 3.05) is 6.54 Å². The van der Waals surface area contributed by atoms with Gasteiger partial charge in [-0.15, -0.1) is 0 Å². The highest BCUT2D eigenvalue weighted by atomic mass is 16.3. The van der Waals surface area contributed by atoms with E-state index in [1.165, 1.54) is 0 Å². The molecule has 4 heteroatoms. The smallest absolute Gasteiger partial charge is 0.237 e. The van der Waals surface area contributed by atoms with Crippen LogP contribution >= 0.6 is 0 Å². The molecule has 0 aromatic carbocycles. The molecule has 0 spiro atoms. The molecule has 1 saturated carbocycles. The molecule has 100 valence electrons. The van der Waals surface area contributed by atoms with Crippen molar-refractivity contribution in [3.63, 3.8) is 0 Å². The Bertz CT molecular complexity index is 252. The van der Waals surface area contributed by atoms with E-state index < -0.39 is 5.60 Å². The summed E-state index contributed by atoms with van der Waals surface area (Å²) in [5.41, 5.74) is -0.566. The molecule has 1 rings (SSSR count). The van der Waals surface area contributed by atoms with Gasteiger partial charge in [0, 0.05) is 12.6 Å². The van der Waals surface area contributed by atoms with Crippen LogP contribution in [0.5, 0.6) is 0 Å². The standard InChI is InChI=1S/C13H26N2O2/c1-4-6-10(2)15-12(16)11(3)14-9-13(17)7-5-8-13/h10-11,14,17H,4-9H2,1-3H3,(H,15,16). The Morgan fingerprint density at radius 1 is 1.41 bits per heavy atom. The first kappa shape index (κ1) is 14.5. The highest BCUT2D eigenvalue weighted by Gasteiger charge is 2.34. The lowest BCUT2D eigenvalue weighted by Crippen LogP contribution is -2.52. The second-order valence-electron chi connectivity index (χ2n) is 5.38. The van der Waals surface area contributed by atoms with E-state index in [-0.39, 0.29) is 18.0 Å². The molecule has 1 aliphatic rings. The second-order valence-corrected chi connectivity index (χ2v) is 5.38. The number of carbonyl (C=O) groups excluding carboxylic acids is 1. The van der Waals surface area contributed by atoms with Crippen molar-refractivity contribution in [3.8, 4) is 0 Å². The van der Waals surface area contributed by atoms with Crippen LogP contribution < -0.4 is 10.6 Å². The first-order chi connectivity index (χ1) is 7.97. The third kappa shape index (κ3) is 4.64. The molecule has 17 heavy (non-hydrogen) atoms. The van der Waals surface area contributed by atoms with Gasteiger partial charge in [0.1, 0.15) is 0 Å². The monoisotopic (exact) mass is 242 g/mol. The third-order valence-corrected chi connectivity index (χ3v) is 3.53. The van der Waals surface area contributed by atoms with Crippen LogP contribution in [0.25, 0.3) is 0 Å². The van der Waals surface area contributed by atoms with Crippen LogP contribution in [0.2, 0.25) is 0 Å². The number of aliphatic hydroxyl groups is 1. The number of rotatable bonds is 7.